The first-order valence-electron chi connectivity index (χ1n) is 22.6. The average Bonchev–Trinajstić information content (AvgIpc) is 3.26. The number of anilines is 3. The molecule has 2 aliphatic carbocycles. The van der Waals surface area contributed by atoms with Crippen LogP contribution in [0.3, 0.4) is 0 Å². The van der Waals surface area contributed by atoms with Crippen molar-refractivity contribution in [3.05, 3.63) is 113 Å². The van der Waals surface area contributed by atoms with Gasteiger partial charge in [0, 0.05) is 11.4 Å². The molecule has 0 aliphatic heterocycles. The summed E-state index contributed by atoms with van der Waals surface area (Å²) in [6.07, 6.45) is 12.1. The molecule has 64 heavy (non-hydrogen) atoms. The van der Waals surface area contributed by atoms with Crippen molar-refractivity contribution in [1.29, 1.82) is 0 Å². The van der Waals surface area contributed by atoms with Gasteiger partial charge in [0.05, 0.1) is 31.0 Å². The summed E-state index contributed by atoms with van der Waals surface area (Å²) >= 11 is 0. The zero-order chi connectivity index (χ0) is 45.9. The Morgan fingerprint density at radius 1 is 0.516 bits per heavy atom. The second-order valence-corrected chi connectivity index (χ2v) is 17.5. The summed E-state index contributed by atoms with van der Waals surface area (Å²) < 4.78 is 10.2. The predicted octanol–water partition coefficient (Wildman–Crippen LogP) is 10.6. The van der Waals surface area contributed by atoms with Crippen molar-refractivity contribution in [2.75, 3.05) is 30.6 Å². The number of methoxy groups -OCH3 is 2. The highest BCUT2D eigenvalue weighted by Gasteiger charge is 2.42. The van der Waals surface area contributed by atoms with Gasteiger partial charge < -0.3 is 36.5 Å². The second kappa shape index (κ2) is 21.3. The van der Waals surface area contributed by atoms with Crippen LogP contribution in [0.5, 0.6) is 0 Å². The molecular weight excluding hydrogens is 807 g/mol. The topological polar surface area (TPSA) is 178 Å². The van der Waals surface area contributed by atoms with E-state index in [4.69, 9.17) is 15.2 Å². The third-order valence-corrected chi connectivity index (χ3v) is 12.7. The van der Waals surface area contributed by atoms with E-state index in [1.807, 2.05) is 81.4 Å². The van der Waals surface area contributed by atoms with Crippen LogP contribution in [-0.4, -0.2) is 55.1 Å². The Balaban J connectivity index is 0.000000228. The number of amides is 4. The van der Waals surface area contributed by atoms with Crippen LogP contribution >= 0.6 is 0 Å². The quantitative estimate of drug-likeness (QED) is 0.0755. The molecule has 5 aromatic carbocycles. The molecule has 12 heteroatoms. The third-order valence-electron chi connectivity index (χ3n) is 12.7. The van der Waals surface area contributed by atoms with Gasteiger partial charge in [0.15, 0.2) is 0 Å². The van der Waals surface area contributed by atoms with E-state index >= 15 is 0 Å². The maximum absolute atomic E-state index is 13.8. The molecule has 5 aromatic rings. The monoisotopic (exact) mass is 869 g/mol. The highest BCUT2D eigenvalue weighted by molar-refractivity contribution is 6.11. The summed E-state index contributed by atoms with van der Waals surface area (Å²) in [5.41, 5.74) is 9.30. The van der Waals surface area contributed by atoms with E-state index in [9.17, 15) is 24.0 Å². The van der Waals surface area contributed by atoms with Gasteiger partial charge in [0.2, 0.25) is 0 Å². The molecule has 6 N–H and O–H groups in total. The van der Waals surface area contributed by atoms with Gasteiger partial charge >= 0.3 is 18.0 Å². The number of aryl methyl sites for hydroxylation is 3. The lowest BCUT2D eigenvalue weighted by molar-refractivity contribution is -0.150. The Bertz CT molecular complexity index is 2480. The molecule has 0 spiro atoms. The number of benzene rings is 5. The van der Waals surface area contributed by atoms with Crippen molar-refractivity contribution in [2.24, 2.45) is 0 Å². The number of urea groups is 1. The van der Waals surface area contributed by atoms with E-state index in [0.29, 0.717) is 48.2 Å². The number of hydrogen-bond acceptors (Lipinski definition) is 8. The Morgan fingerprint density at radius 2 is 0.906 bits per heavy atom. The van der Waals surface area contributed by atoms with Crippen molar-refractivity contribution in [3.8, 4) is 0 Å². The SMILES string of the molecule is COC(=O)C1(NC(=O)c2cc3ccccc3cc2N)CCCCCCC1.COC(=O)C1(NC(=O)c2cc3ccccc3cc2NC(=O)Nc2c(C)cc(C)cc2C)CCCCCCC1. The third kappa shape index (κ3) is 11.2. The Kier molecular flexibility index (Phi) is 15.7. The number of rotatable bonds is 8. The van der Waals surface area contributed by atoms with E-state index in [2.05, 4.69) is 21.3 Å². The van der Waals surface area contributed by atoms with Gasteiger partial charge in [-0.05, 0) is 103 Å². The van der Waals surface area contributed by atoms with Gasteiger partial charge in [0.25, 0.3) is 11.8 Å². The fourth-order valence-electron chi connectivity index (χ4n) is 9.37. The molecule has 338 valence electrons. The molecule has 0 radical (unpaired) electrons. The normalized spacial score (nSPS) is 16.0. The first kappa shape index (κ1) is 47.1. The van der Waals surface area contributed by atoms with Crippen molar-refractivity contribution >= 4 is 68.4 Å². The summed E-state index contributed by atoms with van der Waals surface area (Å²) in [5, 5.41) is 15.5. The number of hydrogen-bond donors (Lipinski definition) is 5. The minimum absolute atomic E-state index is 0.293. The van der Waals surface area contributed by atoms with E-state index in [1.165, 1.54) is 20.6 Å². The number of ether oxygens (including phenoxy) is 2. The number of nitrogen functional groups attached to an aromatic ring is 1. The van der Waals surface area contributed by atoms with Gasteiger partial charge in [0.1, 0.15) is 11.1 Å². The summed E-state index contributed by atoms with van der Waals surface area (Å²) in [6.45, 7) is 5.92. The van der Waals surface area contributed by atoms with Crippen LogP contribution in [0, 0.1) is 20.8 Å². The van der Waals surface area contributed by atoms with Crippen molar-refractivity contribution in [1.82, 2.24) is 10.6 Å². The lowest BCUT2D eigenvalue weighted by atomic mass is 9.83. The Morgan fingerprint density at radius 3 is 1.36 bits per heavy atom. The molecule has 2 fully saturated rings. The fraction of sp³-hybridized carbons (Fsp3) is 0.404. The molecule has 0 heterocycles. The number of carbonyl (C=O) groups excluding carboxylic acids is 5. The number of carbonyl (C=O) groups is 5. The maximum Gasteiger partial charge on any atom is 0.331 e. The van der Waals surface area contributed by atoms with Crippen LogP contribution in [0.25, 0.3) is 21.5 Å². The molecular formula is C52H63N5O7. The number of esters is 2. The maximum atomic E-state index is 13.8. The Labute approximate surface area is 376 Å². The molecule has 7 rings (SSSR count). The zero-order valence-corrected chi connectivity index (χ0v) is 37.9. The minimum atomic E-state index is -1.09. The summed E-state index contributed by atoms with van der Waals surface area (Å²) in [5.74, 6) is -1.53. The summed E-state index contributed by atoms with van der Waals surface area (Å²) in [6, 6.07) is 26.1. The molecule has 0 atom stereocenters. The molecule has 0 unspecified atom stereocenters. The van der Waals surface area contributed by atoms with Crippen LogP contribution in [0.4, 0.5) is 21.9 Å². The summed E-state index contributed by atoms with van der Waals surface area (Å²) in [4.78, 5) is 65.5. The van der Waals surface area contributed by atoms with Crippen molar-refractivity contribution in [3.63, 3.8) is 0 Å². The zero-order valence-electron chi connectivity index (χ0n) is 37.9. The second-order valence-electron chi connectivity index (χ2n) is 17.5. The highest BCUT2D eigenvalue weighted by atomic mass is 16.5. The van der Waals surface area contributed by atoms with Gasteiger partial charge in [-0.2, -0.15) is 0 Å². The van der Waals surface area contributed by atoms with Gasteiger partial charge in [-0.25, -0.2) is 14.4 Å². The van der Waals surface area contributed by atoms with E-state index < -0.39 is 29.0 Å². The van der Waals surface area contributed by atoms with E-state index in [1.54, 1.807) is 24.3 Å². The van der Waals surface area contributed by atoms with Gasteiger partial charge in [-0.15, -0.1) is 0 Å². The van der Waals surface area contributed by atoms with Crippen molar-refractivity contribution in [2.45, 2.75) is 122 Å². The number of nitrogens with two attached hydrogens (primary N) is 1. The van der Waals surface area contributed by atoms with Crippen LogP contribution in [0.15, 0.2) is 84.9 Å². The average molecular weight is 870 g/mol. The standard InChI is InChI=1S/C31H37N3O4.C21H26N2O3/c1-20-16-21(2)27(22(3)17-20)33-30(37)32-26-19-24-13-9-8-12-23(24)18-25(26)28(35)34-31(29(36)38-4)14-10-6-5-7-11-15-31;1-26-20(25)21(11-7-3-2-4-8-12-21)23-19(24)17-13-15-9-5-6-10-16(15)14-18(17)22/h8-9,12-13,16-19H,5-7,10-11,14-15H2,1-4H3,(H,34,35)(H2,32,33,37);5-6,9-10,13-14H,2-4,7-8,11-12,22H2,1H3,(H,23,24). The minimum Gasteiger partial charge on any atom is -0.467 e. The van der Waals surface area contributed by atoms with Crippen LogP contribution in [0.2, 0.25) is 0 Å². The fourth-order valence-corrected chi connectivity index (χ4v) is 9.37. The Hall–Kier alpha value is -6.43. The first-order chi connectivity index (χ1) is 30.8. The van der Waals surface area contributed by atoms with Crippen LogP contribution in [-0.2, 0) is 19.1 Å². The number of nitrogens with one attached hydrogen (secondary N) is 4. The highest BCUT2D eigenvalue weighted by Crippen LogP contribution is 2.32. The predicted molar refractivity (Wildman–Crippen MR) is 255 cm³/mol. The smallest absolute Gasteiger partial charge is 0.331 e. The molecule has 2 aliphatic rings. The largest absolute Gasteiger partial charge is 0.467 e. The van der Waals surface area contributed by atoms with E-state index in [0.717, 1.165) is 102 Å². The van der Waals surface area contributed by atoms with E-state index in [-0.39, 0.29) is 11.9 Å². The molecule has 2 saturated carbocycles. The van der Waals surface area contributed by atoms with Crippen molar-refractivity contribution < 1.29 is 33.4 Å². The first-order valence-corrected chi connectivity index (χ1v) is 22.6. The molecule has 12 nitrogen and oxygen atoms in total. The number of fused-ring (bicyclic) bond motifs is 2. The van der Waals surface area contributed by atoms with Crippen LogP contribution < -0.4 is 27.0 Å². The molecule has 4 amide bonds. The van der Waals surface area contributed by atoms with Crippen LogP contribution in [0.1, 0.15) is 127 Å². The molecule has 0 aromatic heterocycles. The molecule has 0 bridgehead atoms. The molecule has 0 saturated heterocycles. The summed E-state index contributed by atoms with van der Waals surface area (Å²) in [7, 11) is 2.73. The van der Waals surface area contributed by atoms with Gasteiger partial charge in [-0.1, -0.05) is 130 Å². The lowest BCUT2D eigenvalue weighted by Crippen LogP contribution is -2.55. The van der Waals surface area contributed by atoms with Gasteiger partial charge in [-0.3, -0.25) is 9.59 Å². The lowest BCUT2D eigenvalue weighted by Gasteiger charge is -2.33.